The van der Waals surface area contributed by atoms with Gasteiger partial charge in [-0.15, -0.1) is 0 Å². The van der Waals surface area contributed by atoms with Gasteiger partial charge in [0.25, 0.3) is 0 Å². The average Bonchev–Trinajstić information content (AvgIpc) is 3.07. The fourth-order valence-corrected chi connectivity index (χ4v) is 8.54. The maximum absolute atomic E-state index is 13.9. The third-order valence-electron chi connectivity index (χ3n) is 11.7. The Balaban J connectivity index is 2.21. The molecule has 3 rings (SSSR count). The van der Waals surface area contributed by atoms with Gasteiger partial charge in [0, 0.05) is 50.7 Å². The second-order valence-electron chi connectivity index (χ2n) is 16.4. The van der Waals surface area contributed by atoms with Crippen LogP contribution in [0.3, 0.4) is 0 Å². The minimum atomic E-state index is -1.94. The highest BCUT2D eigenvalue weighted by Crippen LogP contribution is 2.40. The van der Waals surface area contributed by atoms with Gasteiger partial charge in [0.05, 0.1) is 35.5 Å². The second-order valence-corrected chi connectivity index (χ2v) is 16.4. The summed E-state index contributed by atoms with van der Waals surface area (Å²) >= 11 is 0. The van der Waals surface area contributed by atoms with E-state index >= 15 is 0 Å². The largest absolute Gasteiger partial charge is 0.461 e. The number of ether oxygens (including phenoxy) is 5. The van der Waals surface area contributed by atoms with Crippen LogP contribution in [0.15, 0.2) is 5.16 Å². The quantitative estimate of drug-likeness (QED) is 0.161. The zero-order chi connectivity index (χ0) is 39.3. The number of nitrogens with zero attached hydrogens (tertiary/aromatic N) is 2. The van der Waals surface area contributed by atoms with Gasteiger partial charge in [-0.1, -0.05) is 39.3 Å². The van der Waals surface area contributed by atoms with Crippen molar-refractivity contribution in [3.05, 3.63) is 0 Å². The van der Waals surface area contributed by atoms with Gasteiger partial charge in [0.1, 0.15) is 23.9 Å². The molecule has 0 radical (unpaired) electrons. The van der Waals surface area contributed by atoms with Crippen molar-refractivity contribution >= 4 is 17.7 Å². The summed E-state index contributed by atoms with van der Waals surface area (Å²) in [6.07, 6.45) is -2.79. The minimum absolute atomic E-state index is 0.0122. The van der Waals surface area contributed by atoms with Crippen LogP contribution in [0.1, 0.15) is 114 Å². The Bertz CT molecular complexity index is 1200. The van der Waals surface area contributed by atoms with Crippen LogP contribution in [-0.4, -0.2) is 130 Å². The van der Waals surface area contributed by atoms with Crippen molar-refractivity contribution in [1.29, 1.82) is 0 Å². The average molecular weight is 745 g/mol. The molecule has 3 aliphatic rings. The molecule has 0 spiro atoms. The minimum Gasteiger partial charge on any atom is -0.461 e. The molecule has 14 nitrogen and oxygen atoms in total. The lowest BCUT2D eigenvalue weighted by Crippen LogP contribution is -2.60. The lowest BCUT2D eigenvalue weighted by atomic mass is 9.73. The number of carbonyl (C=O) groups is 2. The molecule has 0 aromatic carbocycles. The molecule has 14 heteroatoms. The first-order chi connectivity index (χ1) is 24.1. The molecule has 2 heterocycles. The van der Waals surface area contributed by atoms with E-state index < -0.39 is 89.4 Å². The third-order valence-corrected chi connectivity index (χ3v) is 11.7. The van der Waals surface area contributed by atoms with Crippen molar-refractivity contribution in [2.24, 2.45) is 28.8 Å². The van der Waals surface area contributed by atoms with Crippen LogP contribution in [0.2, 0.25) is 0 Å². The number of aliphatic hydroxyl groups is 4. The summed E-state index contributed by atoms with van der Waals surface area (Å²) in [6, 6.07) is -0.311. The van der Waals surface area contributed by atoms with Crippen molar-refractivity contribution < 1.29 is 58.5 Å². The molecule has 302 valence electrons. The van der Waals surface area contributed by atoms with E-state index in [4.69, 9.17) is 28.5 Å². The molecule has 3 fully saturated rings. The summed E-state index contributed by atoms with van der Waals surface area (Å²) in [4.78, 5) is 34.5. The van der Waals surface area contributed by atoms with E-state index in [9.17, 15) is 30.0 Å². The van der Waals surface area contributed by atoms with E-state index in [1.54, 1.807) is 41.7 Å². The smallest absolute Gasteiger partial charge is 0.312 e. The van der Waals surface area contributed by atoms with E-state index in [0.29, 0.717) is 25.0 Å². The lowest BCUT2D eigenvalue weighted by molar-refractivity contribution is -0.299. The summed E-state index contributed by atoms with van der Waals surface area (Å²) in [5.74, 6) is -5.79. The topological polar surface area (TPSA) is 186 Å². The number of esters is 2. The fourth-order valence-electron chi connectivity index (χ4n) is 8.54. The predicted octanol–water partition coefficient (Wildman–Crippen LogP) is 3.54. The Morgan fingerprint density at radius 2 is 1.63 bits per heavy atom. The van der Waals surface area contributed by atoms with Gasteiger partial charge in [-0.05, 0) is 73.9 Å². The molecule has 0 amide bonds. The van der Waals surface area contributed by atoms with E-state index in [1.165, 1.54) is 13.8 Å². The summed E-state index contributed by atoms with van der Waals surface area (Å²) < 4.78 is 30.3. The number of carbonyl (C=O) groups excluding carboxylic acids is 2. The standard InChI is InChI=1S/C38H68N2O12/c1-13-28-37(9,46)32(43)23(4)29(39-52-38(47-12)17-15-14-16-18-38)21(2)20-36(8,45)33(24(5)31(49-26(7)41)25(6)34(44)50-28)51-35-30(42)27(40(10)11)19-22(3)48-35/h21-25,27-28,30-33,35,42-43,45-46H,13-20H2,1-12H3/b39-29+/t21-,22+,23-,24-,25+,27-,28+,30+,31-,32+,33+,35-,36-,37+/m0/s1. The highest BCUT2D eigenvalue weighted by molar-refractivity contribution is 5.88. The first kappa shape index (κ1) is 44.5. The second kappa shape index (κ2) is 18.1. The SMILES string of the molecule is CC[C@H]1OC(=O)[C@H](C)[C@@H](OC(C)=O)[C@H](C)[C@@H](O[C@@H]2O[C@H](C)C[C@H](N(C)C)[C@H]2O)[C@@](C)(O)C[C@H](C)/C(=N\OC2(OC)CCCCC2)[C@H](C)[C@@H](O)[C@]1(C)O. The number of rotatable bonds is 8. The molecule has 1 saturated carbocycles. The van der Waals surface area contributed by atoms with Crippen molar-refractivity contribution in [2.45, 2.75) is 180 Å². The van der Waals surface area contributed by atoms with E-state index in [2.05, 4.69) is 5.16 Å². The molecular weight excluding hydrogens is 676 g/mol. The van der Waals surface area contributed by atoms with Gasteiger partial charge in [0.15, 0.2) is 6.29 Å². The van der Waals surface area contributed by atoms with Crippen molar-refractivity contribution in [3.8, 4) is 0 Å². The zero-order valence-corrected chi connectivity index (χ0v) is 33.5. The monoisotopic (exact) mass is 744 g/mol. The highest BCUT2D eigenvalue weighted by Gasteiger charge is 2.52. The predicted molar refractivity (Wildman–Crippen MR) is 193 cm³/mol. The van der Waals surface area contributed by atoms with Crippen LogP contribution in [-0.2, 0) is 38.1 Å². The number of cyclic esters (lactones) is 1. The Kier molecular flexibility index (Phi) is 15.5. The van der Waals surface area contributed by atoms with Crippen LogP contribution in [0.4, 0.5) is 0 Å². The number of likely N-dealkylation sites (N-methyl/N-ethyl adjacent to an activating group) is 1. The maximum atomic E-state index is 13.9. The summed E-state index contributed by atoms with van der Waals surface area (Å²) in [5, 5.41) is 52.3. The van der Waals surface area contributed by atoms with E-state index in [1.807, 2.05) is 32.8 Å². The molecule has 52 heavy (non-hydrogen) atoms. The lowest BCUT2D eigenvalue weighted by Gasteiger charge is -2.47. The van der Waals surface area contributed by atoms with Crippen LogP contribution >= 0.6 is 0 Å². The Hall–Kier alpha value is -1.91. The summed E-state index contributed by atoms with van der Waals surface area (Å²) in [7, 11) is 5.29. The summed E-state index contributed by atoms with van der Waals surface area (Å²) in [5.41, 5.74) is -3.34. The van der Waals surface area contributed by atoms with Gasteiger partial charge in [0.2, 0.25) is 5.79 Å². The normalized spacial score (nSPS) is 43.4. The summed E-state index contributed by atoms with van der Waals surface area (Å²) in [6.45, 7) is 14.6. The van der Waals surface area contributed by atoms with Gasteiger partial charge in [-0.2, -0.15) is 0 Å². The van der Waals surface area contributed by atoms with Gasteiger partial charge in [-0.3, -0.25) is 9.59 Å². The molecular formula is C38H68N2O12. The molecule has 14 atom stereocenters. The Morgan fingerprint density at radius 3 is 2.17 bits per heavy atom. The number of aliphatic hydroxyl groups excluding tert-OH is 2. The maximum Gasteiger partial charge on any atom is 0.312 e. The number of hydrogen-bond donors (Lipinski definition) is 4. The Morgan fingerprint density at radius 1 is 1.02 bits per heavy atom. The zero-order valence-electron chi connectivity index (χ0n) is 33.5. The van der Waals surface area contributed by atoms with Gasteiger partial charge >= 0.3 is 11.9 Å². The molecule has 0 aromatic rings. The van der Waals surface area contributed by atoms with Crippen LogP contribution < -0.4 is 0 Å². The highest BCUT2D eigenvalue weighted by atomic mass is 16.8. The molecule has 4 N–H and O–H groups in total. The molecule has 0 aromatic heterocycles. The molecule has 0 bridgehead atoms. The molecule has 0 unspecified atom stereocenters. The van der Waals surface area contributed by atoms with Crippen LogP contribution in [0.25, 0.3) is 0 Å². The first-order valence-electron chi connectivity index (χ1n) is 19.1. The van der Waals surface area contributed by atoms with Crippen LogP contribution in [0, 0.1) is 23.7 Å². The van der Waals surface area contributed by atoms with Crippen molar-refractivity contribution in [3.63, 3.8) is 0 Å². The fraction of sp³-hybridized carbons (Fsp3) is 0.921. The third kappa shape index (κ3) is 10.2. The first-order valence-corrected chi connectivity index (χ1v) is 19.1. The molecule has 2 saturated heterocycles. The van der Waals surface area contributed by atoms with Crippen molar-refractivity contribution in [1.82, 2.24) is 4.90 Å². The van der Waals surface area contributed by atoms with Crippen LogP contribution in [0.5, 0.6) is 0 Å². The van der Waals surface area contributed by atoms with E-state index in [0.717, 1.165) is 19.3 Å². The number of methoxy groups -OCH3 is 1. The molecule has 2 aliphatic heterocycles. The van der Waals surface area contributed by atoms with E-state index in [-0.39, 0.29) is 25.0 Å². The van der Waals surface area contributed by atoms with Crippen molar-refractivity contribution in [2.75, 3.05) is 21.2 Å². The van der Waals surface area contributed by atoms with Gasteiger partial charge < -0.3 is 53.8 Å². The number of hydrogen-bond acceptors (Lipinski definition) is 14. The Labute approximate surface area is 310 Å². The van der Waals surface area contributed by atoms with Gasteiger partial charge in [-0.25, -0.2) is 0 Å². The number of oxime groups is 1. The molecule has 1 aliphatic carbocycles.